The van der Waals surface area contributed by atoms with E-state index in [2.05, 4.69) is 10.3 Å². The number of rotatable bonds is 7. The molecule has 0 aliphatic carbocycles. The van der Waals surface area contributed by atoms with Gasteiger partial charge in [-0.3, -0.25) is 4.79 Å². The van der Waals surface area contributed by atoms with E-state index in [-0.39, 0.29) is 12.5 Å². The Bertz CT molecular complexity index is 916. The molecule has 0 saturated heterocycles. The zero-order chi connectivity index (χ0) is 19.1. The van der Waals surface area contributed by atoms with Crippen molar-refractivity contribution in [1.82, 2.24) is 4.98 Å². The molecule has 138 valence electrons. The normalized spacial score (nSPS) is 10.1. The molecular weight excluding hydrogens is 368 g/mol. The molecule has 3 aromatic rings. The highest BCUT2D eigenvalue weighted by atomic mass is 35.5. The molecular formula is C20H17ClN2O4. The van der Waals surface area contributed by atoms with Crippen LogP contribution in [0.15, 0.2) is 66.9 Å². The summed E-state index contributed by atoms with van der Waals surface area (Å²) in [6, 6.07) is 17.6. The number of carbonyl (C=O) groups is 1. The minimum atomic E-state index is -0.324. The third-order valence-electron chi connectivity index (χ3n) is 3.50. The number of nitrogens with zero attached hydrogens (tertiary/aromatic N) is 1. The molecule has 0 spiro atoms. The molecule has 1 N–H and O–H groups in total. The number of nitrogens with one attached hydrogen (secondary N) is 1. The van der Waals surface area contributed by atoms with Gasteiger partial charge in [-0.2, -0.15) is 0 Å². The number of amides is 1. The molecule has 0 aliphatic rings. The van der Waals surface area contributed by atoms with Gasteiger partial charge in [0.1, 0.15) is 5.75 Å². The Hall–Kier alpha value is -3.25. The number of pyridine rings is 1. The second-order valence-electron chi connectivity index (χ2n) is 5.41. The maximum Gasteiger partial charge on any atom is 0.262 e. The van der Waals surface area contributed by atoms with E-state index in [1.807, 2.05) is 12.1 Å². The van der Waals surface area contributed by atoms with E-state index >= 15 is 0 Å². The van der Waals surface area contributed by atoms with Crippen LogP contribution < -0.4 is 19.5 Å². The minimum Gasteiger partial charge on any atom is -0.493 e. The van der Waals surface area contributed by atoms with Gasteiger partial charge < -0.3 is 19.5 Å². The monoisotopic (exact) mass is 384 g/mol. The number of para-hydroxylation sites is 3. The van der Waals surface area contributed by atoms with E-state index in [1.54, 1.807) is 55.6 Å². The standard InChI is InChI=1S/C20H17ClN2O4/c1-25-17-8-4-5-9-18(17)27-20-11-10-14(12-22-20)23-19(24)13-26-16-7-3-2-6-15(16)21/h2-12H,13H2,1H3,(H,23,24). The molecule has 0 fully saturated rings. The van der Waals surface area contributed by atoms with E-state index < -0.39 is 0 Å². The Morgan fingerprint density at radius 3 is 2.37 bits per heavy atom. The van der Waals surface area contributed by atoms with Crippen molar-refractivity contribution in [2.75, 3.05) is 19.0 Å². The van der Waals surface area contributed by atoms with E-state index in [0.29, 0.717) is 33.8 Å². The van der Waals surface area contributed by atoms with Gasteiger partial charge in [-0.15, -0.1) is 0 Å². The van der Waals surface area contributed by atoms with Gasteiger partial charge in [0.25, 0.3) is 5.91 Å². The fraction of sp³-hybridized carbons (Fsp3) is 0.100. The molecule has 6 nitrogen and oxygen atoms in total. The van der Waals surface area contributed by atoms with Gasteiger partial charge in [-0.05, 0) is 30.3 Å². The summed E-state index contributed by atoms with van der Waals surface area (Å²) < 4.78 is 16.3. The predicted octanol–water partition coefficient (Wildman–Crippen LogP) is 4.55. The van der Waals surface area contributed by atoms with Crippen LogP contribution in [0.4, 0.5) is 5.69 Å². The summed E-state index contributed by atoms with van der Waals surface area (Å²) in [5.74, 6) is 1.67. The second kappa shape index (κ2) is 8.91. The average molecular weight is 385 g/mol. The lowest BCUT2D eigenvalue weighted by Gasteiger charge is -2.10. The van der Waals surface area contributed by atoms with Gasteiger partial charge in [0.05, 0.1) is 24.0 Å². The predicted molar refractivity (Wildman–Crippen MR) is 103 cm³/mol. The highest BCUT2D eigenvalue weighted by Crippen LogP contribution is 2.30. The quantitative estimate of drug-likeness (QED) is 0.647. The van der Waals surface area contributed by atoms with Crippen molar-refractivity contribution in [3.05, 3.63) is 71.9 Å². The summed E-state index contributed by atoms with van der Waals surface area (Å²) >= 11 is 5.98. The Kier molecular flexibility index (Phi) is 6.12. The SMILES string of the molecule is COc1ccccc1Oc1ccc(NC(=O)COc2ccccc2Cl)cn1. The molecule has 27 heavy (non-hydrogen) atoms. The number of hydrogen-bond donors (Lipinski definition) is 1. The Balaban J connectivity index is 1.55. The highest BCUT2D eigenvalue weighted by Gasteiger charge is 2.08. The van der Waals surface area contributed by atoms with Crippen LogP contribution in [0, 0.1) is 0 Å². The van der Waals surface area contributed by atoms with E-state index in [0.717, 1.165) is 0 Å². The second-order valence-corrected chi connectivity index (χ2v) is 5.81. The molecule has 0 bridgehead atoms. The van der Waals surface area contributed by atoms with Gasteiger partial charge in [-0.25, -0.2) is 4.98 Å². The molecule has 7 heteroatoms. The largest absolute Gasteiger partial charge is 0.493 e. The zero-order valence-electron chi connectivity index (χ0n) is 14.5. The minimum absolute atomic E-state index is 0.163. The number of hydrogen-bond acceptors (Lipinski definition) is 5. The number of carbonyl (C=O) groups excluding carboxylic acids is 1. The van der Waals surface area contributed by atoms with Crippen molar-refractivity contribution in [1.29, 1.82) is 0 Å². The van der Waals surface area contributed by atoms with Crippen molar-refractivity contribution < 1.29 is 19.0 Å². The Morgan fingerprint density at radius 1 is 1.00 bits per heavy atom. The van der Waals surface area contributed by atoms with Crippen molar-refractivity contribution in [2.45, 2.75) is 0 Å². The first-order valence-electron chi connectivity index (χ1n) is 8.10. The number of aromatic nitrogens is 1. The van der Waals surface area contributed by atoms with Crippen LogP contribution in [0.5, 0.6) is 23.1 Å². The highest BCUT2D eigenvalue weighted by molar-refractivity contribution is 6.32. The van der Waals surface area contributed by atoms with E-state index in [1.165, 1.54) is 6.20 Å². The van der Waals surface area contributed by atoms with Crippen molar-refractivity contribution in [3.63, 3.8) is 0 Å². The summed E-state index contributed by atoms with van der Waals surface area (Å²) in [5.41, 5.74) is 0.523. The van der Waals surface area contributed by atoms with Gasteiger partial charge in [0, 0.05) is 6.07 Å². The van der Waals surface area contributed by atoms with Crippen LogP contribution in [0.2, 0.25) is 5.02 Å². The maximum absolute atomic E-state index is 12.0. The fourth-order valence-electron chi connectivity index (χ4n) is 2.23. The van der Waals surface area contributed by atoms with Crippen LogP contribution in [0.3, 0.4) is 0 Å². The van der Waals surface area contributed by atoms with Crippen LogP contribution in [0.1, 0.15) is 0 Å². The number of methoxy groups -OCH3 is 1. The molecule has 0 radical (unpaired) electrons. The lowest BCUT2D eigenvalue weighted by molar-refractivity contribution is -0.118. The summed E-state index contributed by atoms with van der Waals surface area (Å²) in [6.45, 7) is -0.163. The number of benzene rings is 2. The van der Waals surface area contributed by atoms with Crippen molar-refractivity contribution in [3.8, 4) is 23.1 Å². The van der Waals surface area contributed by atoms with Gasteiger partial charge >= 0.3 is 0 Å². The van der Waals surface area contributed by atoms with E-state index in [4.69, 9.17) is 25.8 Å². The molecule has 1 heterocycles. The third kappa shape index (κ3) is 5.12. The number of halogens is 1. The van der Waals surface area contributed by atoms with Crippen LogP contribution in [0.25, 0.3) is 0 Å². The molecule has 0 aliphatic heterocycles. The Morgan fingerprint density at radius 2 is 1.70 bits per heavy atom. The smallest absolute Gasteiger partial charge is 0.262 e. The van der Waals surface area contributed by atoms with Crippen molar-refractivity contribution >= 4 is 23.2 Å². The lowest BCUT2D eigenvalue weighted by Crippen LogP contribution is -2.20. The summed E-state index contributed by atoms with van der Waals surface area (Å²) in [7, 11) is 1.57. The number of anilines is 1. The number of ether oxygens (including phenoxy) is 3. The summed E-state index contributed by atoms with van der Waals surface area (Å²) in [6.07, 6.45) is 1.50. The zero-order valence-corrected chi connectivity index (χ0v) is 15.3. The summed E-state index contributed by atoms with van der Waals surface area (Å²) in [4.78, 5) is 16.2. The first-order valence-corrected chi connectivity index (χ1v) is 8.47. The van der Waals surface area contributed by atoms with Gasteiger partial charge in [0.2, 0.25) is 5.88 Å². The molecule has 2 aromatic carbocycles. The average Bonchev–Trinajstić information content (AvgIpc) is 2.69. The fourth-order valence-corrected chi connectivity index (χ4v) is 2.42. The topological polar surface area (TPSA) is 69.7 Å². The Labute approximate surface area is 161 Å². The first kappa shape index (κ1) is 18.5. The maximum atomic E-state index is 12.0. The van der Waals surface area contributed by atoms with Crippen LogP contribution in [-0.4, -0.2) is 24.6 Å². The van der Waals surface area contributed by atoms with Gasteiger partial charge in [0.15, 0.2) is 18.1 Å². The van der Waals surface area contributed by atoms with Crippen LogP contribution >= 0.6 is 11.6 Å². The molecule has 1 amide bonds. The molecule has 1 aromatic heterocycles. The van der Waals surface area contributed by atoms with Crippen molar-refractivity contribution in [2.24, 2.45) is 0 Å². The van der Waals surface area contributed by atoms with Crippen LogP contribution in [-0.2, 0) is 4.79 Å². The first-order chi connectivity index (χ1) is 13.2. The molecule has 0 atom stereocenters. The lowest BCUT2D eigenvalue weighted by atomic mass is 10.3. The summed E-state index contributed by atoms with van der Waals surface area (Å²) in [5, 5.41) is 3.14. The van der Waals surface area contributed by atoms with E-state index in [9.17, 15) is 4.79 Å². The van der Waals surface area contributed by atoms with Gasteiger partial charge in [-0.1, -0.05) is 35.9 Å². The third-order valence-corrected chi connectivity index (χ3v) is 3.81. The molecule has 3 rings (SSSR count). The molecule has 0 saturated carbocycles. The molecule has 0 unspecified atom stereocenters.